The third-order valence-electron chi connectivity index (χ3n) is 8.23. The molecule has 7 nitrogen and oxygen atoms in total. The summed E-state index contributed by atoms with van der Waals surface area (Å²) in [5, 5.41) is 10.4. The maximum Gasteiger partial charge on any atom is 0.416 e. The molecule has 1 aliphatic heterocycles. The lowest BCUT2D eigenvalue weighted by Crippen LogP contribution is -2.41. The highest BCUT2D eigenvalue weighted by Gasteiger charge is 2.41. The molecule has 0 spiro atoms. The van der Waals surface area contributed by atoms with E-state index in [-0.39, 0.29) is 29.9 Å². The van der Waals surface area contributed by atoms with Gasteiger partial charge in [0.2, 0.25) is 0 Å². The van der Waals surface area contributed by atoms with Gasteiger partial charge >= 0.3 is 12.1 Å². The molecule has 2 heterocycles. The second-order valence-electron chi connectivity index (χ2n) is 11.7. The molecule has 0 atom stereocenters. The first-order valence-electron chi connectivity index (χ1n) is 15.3. The fourth-order valence-electron chi connectivity index (χ4n) is 5.71. The van der Waals surface area contributed by atoms with Crippen LogP contribution in [-0.4, -0.2) is 30.1 Å². The van der Waals surface area contributed by atoms with Crippen LogP contribution in [0.15, 0.2) is 120 Å². The molecule has 2 N–H and O–H groups in total. The van der Waals surface area contributed by atoms with Crippen LogP contribution < -0.4 is 4.72 Å². The second-order valence-corrected chi connectivity index (χ2v) is 13.3. The van der Waals surface area contributed by atoms with Crippen molar-refractivity contribution in [2.75, 3.05) is 4.72 Å². The molecule has 0 bridgehead atoms. The highest BCUT2D eigenvalue weighted by molar-refractivity contribution is 7.92. The topological polar surface area (TPSA) is 106 Å². The lowest BCUT2D eigenvalue weighted by Gasteiger charge is -2.37. The number of aliphatic hydroxyl groups excluding tert-OH is 1. The Kier molecular flexibility index (Phi) is 10.3. The fraction of sp³-hybridized carbons (Fsp3) is 0.278. The van der Waals surface area contributed by atoms with Crippen molar-refractivity contribution in [2.24, 2.45) is 0 Å². The van der Waals surface area contributed by atoms with E-state index in [2.05, 4.69) is 9.71 Å². The molecular weight excluding hydrogens is 629 g/mol. The summed E-state index contributed by atoms with van der Waals surface area (Å²) in [4.78, 5) is 16.9. The van der Waals surface area contributed by atoms with Crippen LogP contribution in [0.5, 0.6) is 0 Å². The number of aliphatic hydroxyl groups is 1. The number of esters is 1. The van der Waals surface area contributed by atoms with Gasteiger partial charge in [-0.2, -0.15) is 21.6 Å². The Bertz CT molecular complexity index is 1780. The van der Waals surface area contributed by atoms with E-state index in [1.54, 1.807) is 18.2 Å². The summed E-state index contributed by atoms with van der Waals surface area (Å²) < 4.78 is 73.2. The van der Waals surface area contributed by atoms with Crippen molar-refractivity contribution in [3.8, 4) is 0 Å². The number of hydrogen-bond acceptors (Lipinski definition) is 6. The van der Waals surface area contributed by atoms with Gasteiger partial charge in [0.15, 0.2) is 5.03 Å². The average Bonchev–Trinajstić information content (AvgIpc) is 3.05. The highest BCUT2D eigenvalue weighted by Crippen LogP contribution is 2.38. The van der Waals surface area contributed by atoms with Crippen LogP contribution in [0.3, 0.4) is 0 Å². The fourth-order valence-corrected chi connectivity index (χ4v) is 6.73. The Hall–Kier alpha value is -4.64. The number of alkyl halides is 3. The lowest BCUT2D eigenvalue weighted by atomic mass is 9.82. The first-order chi connectivity index (χ1) is 22.4. The standard InChI is InChI=1S/C36H35F3N2O5S/c37-36(38,39)29-19-22-40-33(24-29)47(44,45)41-30-15-7-13-28(23-30)14-8-16-31-32(42)25-35(46-34(31)43,20-17-26-9-3-1-4-10-26)21-18-27-11-5-2-6-12-27/h1-7,9-13,15,19,22-24,41-42H,8,14,16-18,20-21,25H2. The minimum Gasteiger partial charge on any atom is -0.512 e. The summed E-state index contributed by atoms with van der Waals surface area (Å²) in [5.41, 5.74) is 1.38. The van der Waals surface area contributed by atoms with Crippen LogP contribution in [0.2, 0.25) is 0 Å². The van der Waals surface area contributed by atoms with Gasteiger partial charge < -0.3 is 9.84 Å². The zero-order valence-electron chi connectivity index (χ0n) is 25.5. The molecule has 47 heavy (non-hydrogen) atoms. The largest absolute Gasteiger partial charge is 0.512 e. The van der Waals surface area contributed by atoms with Crippen molar-refractivity contribution in [3.63, 3.8) is 0 Å². The third kappa shape index (κ3) is 9.00. The quantitative estimate of drug-likeness (QED) is 0.140. The molecule has 0 amide bonds. The van der Waals surface area contributed by atoms with Gasteiger partial charge in [0, 0.05) is 18.3 Å². The predicted molar refractivity (Wildman–Crippen MR) is 172 cm³/mol. The van der Waals surface area contributed by atoms with Crippen molar-refractivity contribution in [3.05, 3.63) is 137 Å². The normalized spacial score (nSPS) is 14.9. The first-order valence-corrected chi connectivity index (χ1v) is 16.8. The summed E-state index contributed by atoms with van der Waals surface area (Å²) in [7, 11) is -4.38. The number of halogens is 3. The number of nitrogens with one attached hydrogen (secondary N) is 1. The number of benzene rings is 3. The Morgan fingerprint density at radius 1 is 0.809 bits per heavy atom. The number of cyclic esters (lactones) is 1. The van der Waals surface area contributed by atoms with Crippen LogP contribution >= 0.6 is 0 Å². The Morgan fingerprint density at radius 3 is 2.02 bits per heavy atom. The number of aryl methyl sites for hydroxylation is 3. The van der Waals surface area contributed by atoms with Crippen LogP contribution in [0.1, 0.15) is 54.4 Å². The summed E-state index contributed by atoms with van der Waals surface area (Å²) >= 11 is 0. The number of ether oxygens (including phenoxy) is 1. The molecule has 4 aromatic rings. The van der Waals surface area contributed by atoms with E-state index in [1.165, 1.54) is 6.07 Å². The molecule has 0 unspecified atom stereocenters. The van der Waals surface area contributed by atoms with Crippen molar-refractivity contribution in [1.29, 1.82) is 0 Å². The van der Waals surface area contributed by atoms with E-state index in [4.69, 9.17) is 4.74 Å². The lowest BCUT2D eigenvalue weighted by molar-refractivity contribution is -0.161. The predicted octanol–water partition coefficient (Wildman–Crippen LogP) is 7.99. The zero-order valence-corrected chi connectivity index (χ0v) is 26.4. The molecule has 1 aliphatic rings. The van der Waals surface area contributed by atoms with E-state index in [1.807, 2.05) is 60.7 Å². The SMILES string of the molecule is O=C1OC(CCc2ccccc2)(CCc2ccccc2)CC(O)=C1CCCc1cccc(NS(=O)(=O)c2cc(C(F)(F)F)ccn2)c1. The monoisotopic (exact) mass is 664 g/mol. The number of aromatic nitrogens is 1. The Morgan fingerprint density at radius 2 is 1.43 bits per heavy atom. The molecule has 0 saturated carbocycles. The number of pyridine rings is 1. The summed E-state index contributed by atoms with van der Waals surface area (Å²) in [5.74, 6) is -0.512. The van der Waals surface area contributed by atoms with Crippen LogP contribution in [-0.2, 0) is 45.0 Å². The highest BCUT2D eigenvalue weighted by atomic mass is 32.2. The maximum absolute atomic E-state index is 13.3. The molecule has 1 aromatic heterocycles. The molecule has 3 aromatic carbocycles. The van der Waals surface area contributed by atoms with Crippen molar-refractivity contribution >= 4 is 21.7 Å². The Labute approximate surface area is 272 Å². The van der Waals surface area contributed by atoms with Crippen LogP contribution in [0.4, 0.5) is 18.9 Å². The summed E-state index contributed by atoms with van der Waals surface area (Å²) in [6.07, 6.45) is -0.0487. The first kappa shape index (κ1) is 33.7. The van der Waals surface area contributed by atoms with Crippen LogP contribution in [0.25, 0.3) is 0 Å². The number of sulfonamides is 1. The minimum atomic E-state index is -4.71. The number of carbonyl (C=O) groups is 1. The maximum atomic E-state index is 13.3. The molecule has 11 heteroatoms. The van der Waals surface area contributed by atoms with E-state index in [0.29, 0.717) is 50.7 Å². The van der Waals surface area contributed by atoms with E-state index in [9.17, 15) is 31.5 Å². The number of hydrogen-bond donors (Lipinski definition) is 2. The molecule has 0 saturated heterocycles. The molecule has 246 valence electrons. The van der Waals surface area contributed by atoms with Gasteiger partial charge in [-0.15, -0.1) is 0 Å². The molecule has 0 aliphatic carbocycles. The van der Waals surface area contributed by atoms with Gasteiger partial charge in [-0.1, -0.05) is 72.8 Å². The molecule has 5 rings (SSSR count). The third-order valence-corrected chi connectivity index (χ3v) is 9.51. The molecular formula is C36H35F3N2O5S. The zero-order chi connectivity index (χ0) is 33.5. The number of rotatable bonds is 13. The average molecular weight is 665 g/mol. The van der Waals surface area contributed by atoms with Gasteiger partial charge in [0.05, 0.1) is 11.1 Å². The second kappa shape index (κ2) is 14.4. The van der Waals surface area contributed by atoms with Crippen molar-refractivity contribution in [2.45, 2.75) is 68.2 Å². The van der Waals surface area contributed by atoms with Crippen LogP contribution in [0, 0.1) is 0 Å². The Balaban J connectivity index is 1.23. The van der Waals surface area contributed by atoms with Crippen molar-refractivity contribution < 1.29 is 36.2 Å². The minimum absolute atomic E-state index is 0.0254. The van der Waals surface area contributed by atoms with Gasteiger partial charge in [0.25, 0.3) is 10.0 Å². The van der Waals surface area contributed by atoms with E-state index >= 15 is 0 Å². The number of nitrogens with zero attached hydrogens (tertiary/aromatic N) is 1. The van der Waals surface area contributed by atoms with Gasteiger partial charge in [-0.05, 0) is 85.9 Å². The number of carbonyl (C=O) groups excluding carboxylic acids is 1. The summed E-state index contributed by atoms with van der Waals surface area (Å²) in [6, 6.07) is 27.5. The van der Waals surface area contributed by atoms with E-state index in [0.717, 1.165) is 22.9 Å². The van der Waals surface area contributed by atoms with Crippen molar-refractivity contribution in [1.82, 2.24) is 4.98 Å². The van der Waals surface area contributed by atoms with Gasteiger partial charge in [0.1, 0.15) is 11.4 Å². The summed E-state index contributed by atoms with van der Waals surface area (Å²) in [6.45, 7) is 0. The molecule has 0 fully saturated rings. The van der Waals surface area contributed by atoms with E-state index < -0.39 is 38.4 Å². The smallest absolute Gasteiger partial charge is 0.416 e. The number of anilines is 1. The van der Waals surface area contributed by atoms with Gasteiger partial charge in [-0.3, -0.25) is 4.72 Å². The molecule has 0 radical (unpaired) electrons. The van der Waals surface area contributed by atoms with Gasteiger partial charge in [-0.25, -0.2) is 9.78 Å².